The molecule has 0 spiro atoms. The lowest BCUT2D eigenvalue weighted by molar-refractivity contribution is 0.174. The second kappa shape index (κ2) is 5.53. The Morgan fingerprint density at radius 1 is 1.08 bits per heavy atom. The summed E-state index contributed by atoms with van der Waals surface area (Å²) >= 11 is 3.76. The van der Waals surface area contributed by atoms with Crippen molar-refractivity contribution in [1.29, 1.82) is 0 Å². The molecule has 3 atom stereocenters. The fourth-order valence-electron chi connectivity index (χ4n) is 4.62. The van der Waals surface area contributed by atoms with Crippen molar-refractivity contribution < 1.29 is 9.47 Å². The van der Waals surface area contributed by atoms with Gasteiger partial charge in [-0.3, -0.25) is 0 Å². The van der Waals surface area contributed by atoms with Gasteiger partial charge in [0.2, 0.25) is 6.79 Å². The minimum absolute atomic E-state index is 0.248. The van der Waals surface area contributed by atoms with E-state index in [0.29, 0.717) is 18.6 Å². The van der Waals surface area contributed by atoms with Crippen LogP contribution in [0.5, 0.6) is 11.5 Å². The number of nitrogens with one attached hydrogen (secondary N) is 1. The molecular weight excluding hydrogens is 378 g/mol. The van der Waals surface area contributed by atoms with Crippen LogP contribution in [0.25, 0.3) is 0 Å². The molecule has 1 N–H and O–H groups in total. The van der Waals surface area contributed by atoms with E-state index >= 15 is 0 Å². The molecule has 3 aliphatic rings. The second-order valence-corrected chi connectivity index (χ2v) is 8.10. The van der Waals surface area contributed by atoms with Crippen molar-refractivity contribution in [3.05, 3.63) is 63.1 Å². The average Bonchev–Trinajstić information content (AvgIpc) is 3.21. The van der Waals surface area contributed by atoms with Gasteiger partial charge in [-0.2, -0.15) is 0 Å². The number of ether oxygens (including phenoxy) is 2. The molecule has 3 nitrogen and oxygen atoms in total. The second-order valence-electron chi connectivity index (χ2n) is 7.25. The Morgan fingerprint density at radius 3 is 2.72 bits per heavy atom. The molecule has 128 valence electrons. The molecule has 3 unspecified atom stereocenters. The largest absolute Gasteiger partial charge is 0.454 e. The fraction of sp³-hybridized carbons (Fsp3) is 0.333. The number of hydrogen-bond donors (Lipinski definition) is 1. The van der Waals surface area contributed by atoms with Crippen molar-refractivity contribution in [2.75, 3.05) is 12.1 Å². The molecule has 2 aromatic rings. The smallest absolute Gasteiger partial charge is 0.231 e. The highest BCUT2D eigenvalue weighted by molar-refractivity contribution is 9.10. The number of halogens is 1. The number of allylic oxidation sites excluding steroid dienone is 2. The normalized spacial score (nSPS) is 25.5. The van der Waals surface area contributed by atoms with E-state index < -0.39 is 0 Å². The molecular formula is C21H20BrNO2. The minimum atomic E-state index is 0.248. The molecule has 0 amide bonds. The zero-order valence-corrected chi connectivity index (χ0v) is 15.9. The Kier molecular flexibility index (Phi) is 3.39. The van der Waals surface area contributed by atoms with Crippen molar-refractivity contribution in [3.63, 3.8) is 0 Å². The fourth-order valence-corrected chi connectivity index (χ4v) is 5.19. The molecule has 0 saturated heterocycles. The first kappa shape index (κ1) is 15.3. The van der Waals surface area contributed by atoms with Crippen LogP contribution in [-0.4, -0.2) is 6.79 Å². The summed E-state index contributed by atoms with van der Waals surface area (Å²) in [4.78, 5) is 0. The summed E-state index contributed by atoms with van der Waals surface area (Å²) in [6.45, 7) is 4.70. The molecule has 0 fully saturated rings. The van der Waals surface area contributed by atoms with E-state index in [-0.39, 0.29) is 6.04 Å². The summed E-state index contributed by atoms with van der Waals surface area (Å²) in [6, 6.07) is 8.98. The lowest BCUT2D eigenvalue weighted by Crippen LogP contribution is -2.30. The third kappa shape index (κ3) is 2.30. The first-order valence-corrected chi connectivity index (χ1v) is 9.54. The maximum absolute atomic E-state index is 5.62. The Morgan fingerprint density at radius 2 is 1.88 bits per heavy atom. The summed E-state index contributed by atoms with van der Waals surface area (Å²) in [5.74, 6) is 2.65. The number of aryl methyl sites for hydroxylation is 2. The van der Waals surface area contributed by atoms with Gasteiger partial charge in [0, 0.05) is 16.1 Å². The van der Waals surface area contributed by atoms with Crippen LogP contribution in [0.15, 0.2) is 40.9 Å². The molecule has 2 aliphatic heterocycles. The summed E-state index contributed by atoms with van der Waals surface area (Å²) in [6.07, 6.45) is 5.82. The molecule has 4 heteroatoms. The molecule has 5 rings (SSSR count). The van der Waals surface area contributed by atoms with E-state index in [1.54, 1.807) is 0 Å². The standard InChI is InChI=1S/C21H20BrNO2/c1-11-6-12(2)20-13-4-3-5-14(13)21(23-17(20)7-11)15-8-18-19(9-16(15)22)25-10-24-18/h3-4,6-9,13-14,21,23H,5,10H2,1-2H3. The van der Waals surface area contributed by atoms with Crippen molar-refractivity contribution in [2.45, 2.75) is 32.2 Å². The lowest BCUT2D eigenvalue weighted by Gasteiger charge is -2.39. The summed E-state index contributed by atoms with van der Waals surface area (Å²) < 4.78 is 12.2. The Balaban J connectivity index is 1.64. The maximum atomic E-state index is 5.62. The maximum Gasteiger partial charge on any atom is 0.231 e. The number of hydrogen-bond acceptors (Lipinski definition) is 3. The minimum Gasteiger partial charge on any atom is -0.454 e. The quantitative estimate of drug-likeness (QED) is 0.633. The Hall–Kier alpha value is -1.94. The van der Waals surface area contributed by atoms with Gasteiger partial charge < -0.3 is 14.8 Å². The van der Waals surface area contributed by atoms with Gasteiger partial charge in [-0.25, -0.2) is 0 Å². The average molecular weight is 398 g/mol. The van der Waals surface area contributed by atoms with E-state index in [1.165, 1.54) is 27.9 Å². The highest BCUT2D eigenvalue weighted by atomic mass is 79.9. The zero-order valence-electron chi connectivity index (χ0n) is 14.3. The van der Waals surface area contributed by atoms with Crippen LogP contribution in [0.3, 0.4) is 0 Å². The third-order valence-corrected chi connectivity index (χ3v) is 6.33. The zero-order chi connectivity index (χ0) is 17.1. The molecule has 1 aliphatic carbocycles. The van der Waals surface area contributed by atoms with Crippen LogP contribution in [0, 0.1) is 19.8 Å². The number of benzene rings is 2. The van der Waals surface area contributed by atoms with Gasteiger partial charge in [-0.15, -0.1) is 0 Å². The number of anilines is 1. The van der Waals surface area contributed by atoms with Gasteiger partial charge >= 0.3 is 0 Å². The summed E-state index contributed by atoms with van der Waals surface area (Å²) in [5, 5.41) is 3.83. The molecule has 25 heavy (non-hydrogen) atoms. The van der Waals surface area contributed by atoms with Gasteiger partial charge in [0.05, 0.1) is 6.04 Å². The van der Waals surface area contributed by atoms with E-state index in [2.05, 4.69) is 65.4 Å². The van der Waals surface area contributed by atoms with Crippen molar-refractivity contribution in [3.8, 4) is 11.5 Å². The molecule has 0 aromatic heterocycles. The van der Waals surface area contributed by atoms with Crippen LogP contribution < -0.4 is 14.8 Å². The van der Waals surface area contributed by atoms with Crippen molar-refractivity contribution in [2.24, 2.45) is 5.92 Å². The predicted octanol–water partition coefficient (Wildman–Crippen LogP) is 5.62. The van der Waals surface area contributed by atoms with Gasteiger partial charge in [0.1, 0.15) is 0 Å². The number of rotatable bonds is 1. The van der Waals surface area contributed by atoms with E-state index in [4.69, 9.17) is 9.47 Å². The van der Waals surface area contributed by atoms with Crippen LogP contribution >= 0.6 is 15.9 Å². The van der Waals surface area contributed by atoms with Crippen LogP contribution in [0.4, 0.5) is 5.69 Å². The Bertz CT molecular complexity index is 905. The van der Waals surface area contributed by atoms with Crippen LogP contribution in [0.2, 0.25) is 0 Å². The summed E-state index contributed by atoms with van der Waals surface area (Å²) in [7, 11) is 0. The van der Waals surface area contributed by atoms with Crippen LogP contribution in [0.1, 0.15) is 40.6 Å². The third-order valence-electron chi connectivity index (χ3n) is 5.64. The first-order chi connectivity index (χ1) is 12.1. The molecule has 2 aromatic carbocycles. The SMILES string of the molecule is Cc1cc(C)c2c(c1)NC(c1cc3c(cc1Br)OCO3)C1CC=CC21. The van der Waals surface area contributed by atoms with Crippen molar-refractivity contribution in [1.82, 2.24) is 0 Å². The molecule has 0 radical (unpaired) electrons. The highest BCUT2D eigenvalue weighted by Crippen LogP contribution is 2.53. The predicted molar refractivity (Wildman–Crippen MR) is 103 cm³/mol. The molecule has 0 bridgehead atoms. The topological polar surface area (TPSA) is 30.5 Å². The van der Waals surface area contributed by atoms with E-state index in [0.717, 1.165) is 22.4 Å². The van der Waals surface area contributed by atoms with E-state index in [9.17, 15) is 0 Å². The number of fused-ring (bicyclic) bond motifs is 4. The lowest BCUT2D eigenvalue weighted by atomic mass is 9.75. The Labute approximate surface area is 156 Å². The van der Waals surface area contributed by atoms with E-state index in [1.807, 2.05) is 6.07 Å². The molecule has 2 heterocycles. The van der Waals surface area contributed by atoms with Gasteiger partial charge in [-0.1, -0.05) is 34.1 Å². The van der Waals surface area contributed by atoms with Gasteiger partial charge in [-0.05, 0) is 66.6 Å². The first-order valence-electron chi connectivity index (χ1n) is 8.75. The monoisotopic (exact) mass is 397 g/mol. The summed E-state index contributed by atoms with van der Waals surface area (Å²) in [5.41, 5.74) is 6.64. The van der Waals surface area contributed by atoms with Gasteiger partial charge in [0.15, 0.2) is 11.5 Å². The highest BCUT2D eigenvalue weighted by Gasteiger charge is 2.40. The van der Waals surface area contributed by atoms with Crippen LogP contribution in [-0.2, 0) is 0 Å². The van der Waals surface area contributed by atoms with Gasteiger partial charge in [0.25, 0.3) is 0 Å². The van der Waals surface area contributed by atoms with Crippen molar-refractivity contribution >= 4 is 21.6 Å². The molecule has 0 saturated carbocycles.